The number of benzene rings is 1. The molecule has 1 N–H and O–H groups in total. The van der Waals surface area contributed by atoms with Crippen molar-refractivity contribution in [3.05, 3.63) is 23.8 Å². The molecule has 106 valence electrons. The van der Waals surface area contributed by atoms with Crippen molar-refractivity contribution >= 4 is 14.3 Å². The molecule has 0 radical (unpaired) electrons. The summed E-state index contributed by atoms with van der Waals surface area (Å²) in [5.41, 5.74) is 0.308. The van der Waals surface area contributed by atoms with Gasteiger partial charge in [0.2, 0.25) is 0 Å². The van der Waals surface area contributed by atoms with Crippen LogP contribution in [0.4, 0.5) is 0 Å². The fourth-order valence-electron chi connectivity index (χ4n) is 1.28. The summed E-state index contributed by atoms with van der Waals surface area (Å²) in [4.78, 5) is 11.4. The molecule has 4 nitrogen and oxygen atoms in total. The van der Waals surface area contributed by atoms with Crippen LogP contribution in [0.1, 0.15) is 31.1 Å². The summed E-state index contributed by atoms with van der Waals surface area (Å²) >= 11 is 0. The van der Waals surface area contributed by atoms with Crippen LogP contribution in [0.15, 0.2) is 18.2 Å². The third-order valence-corrected chi connectivity index (χ3v) is 7.89. The van der Waals surface area contributed by atoms with Crippen molar-refractivity contribution in [2.45, 2.75) is 38.9 Å². The molecule has 1 aromatic rings. The minimum atomic E-state index is -2.01. The van der Waals surface area contributed by atoms with Crippen molar-refractivity contribution in [3.63, 3.8) is 0 Å². The van der Waals surface area contributed by atoms with Crippen LogP contribution in [-0.2, 0) is 4.74 Å². The minimum Gasteiger partial charge on any atom is -0.541 e. The minimum absolute atomic E-state index is 0.0345. The molecule has 0 aliphatic heterocycles. The van der Waals surface area contributed by atoms with Gasteiger partial charge in [-0.2, -0.15) is 0 Å². The molecule has 0 aromatic heterocycles. The maximum Gasteiger partial charge on any atom is 0.337 e. The monoisotopic (exact) mass is 282 g/mol. The number of phenols is 1. The first kappa shape index (κ1) is 15.6. The number of esters is 1. The van der Waals surface area contributed by atoms with E-state index in [9.17, 15) is 9.90 Å². The first-order valence-electron chi connectivity index (χ1n) is 6.19. The molecule has 0 heterocycles. The van der Waals surface area contributed by atoms with E-state index in [1.165, 1.54) is 13.2 Å². The van der Waals surface area contributed by atoms with E-state index in [0.29, 0.717) is 11.3 Å². The van der Waals surface area contributed by atoms with E-state index in [-0.39, 0.29) is 10.8 Å². The number of phenolic OH excluding ortho intramolecular Hbond substituents is 1. The third kappa shape index (κ3) is 3.50. The highest BCUT2D eigenvalue weighted by molar-refractivity contribution is 6.74. The molecule has 0 spiro atoms. The number of carbonyl (C=O) groups is 1. The Morgan fingerprint density at radius 2 is 1.84 bits per heavy atom. The molecule has 1 rings (SSSR count). The van der Waals surface area contributed by atoms with Crippen LogP contribution in [-0.4, -0.2) is 26.5 Å². The fraction of sp³-hybridized carbons (Fsp3) is 0.500. The van der Waals surface area contributed by atoms with E-state index >= 15 is 0 Å². The molecular weight excluding hydrogens is 260 g/mol. The van der Waals surface area contributed by atoms with Crippen molar-refractivity contribution in [1.82, 2.24) is 0 Å². The molecule has 0 amide bonds. The zero-order chi connectivity index (χ0) is 14.8. The van der Waals surface area contributed by atoms with E-state index in [4.69, 9.17) is 4.43 Å². The molecule has 0 saturated carbocycles. The molecule has 5 heteroatoms. The van der Waals surface area contributed by atoms with Crippen molar-refractivity contribution in [2.24, 2.45) is 0 Å². The van der Waals surface area contributed by atoms with Gasteiger partial charge in [0.05, 0.1) is 12.7 Å². The van der Waals surface area contributed by atoms with E-state index in [2.05, 4.69) is 38.6 Å². The molecular formula is C14H22O4Si. The smallest absolute Gasteiger partial charge is 0.337 e. The summed E-state index contributed by atoms with van der Waals surface area (Å²) in [6.45, 7) is 10.6. The van der Waals surface area contributed by atoms with Crippen molar-refractivity contribution in [3.8, 4) is 11.5 Å². The molecule has 0 bridgehead atoms. The molecule has 0 aliphatic carbocycles. The second-order valence-electron chi connectivity index (χ2n) is 6.04. The second kappa shape index (κ2) is 5.25. The third-order valence-electron chi connectivity index (χ3n) is 3.55. The normalized spacial score (nSPS) is 12.1. The number of aromatic hydroxyl groups is 1. The van der Waals surface area contributed by atoms with Crippen molar-refractivity contribution in [1.29, 1.82) is 0 Å². The van der Waals surface area contributed by atoms with Crippen LogP contribution < -0.4 is 4.43 Å². The first-order valence-corrected chi connectivity index (χ1v) is 9.09. The van der Waals surface area contributed by atoms with Gasteiger partial charge in [-0.1, -0.05) is 20.8 Å². The number of methoxy groups -OCH3 is 1. The Labute approximate surface area is 115 Å². The number of hydrogen-bond donors (Lipinski definition) is 1. The molecule has 0 atom stereocenters. The number of hydrogen-bond acceptors (Lipinski definition) is 4. The highest BCUT2D eigenvalue weighted by Crippen LogP contribution is 2.39. The largest absolute Gasteiger partial charge is 0.541 e. The lowest BCUT2D eigenvalue weighted by molar-refractivity contribution is 0.0600. The number of rotatable bonds is 3. The summed E-state index contributed by atoms with van der Waals surface area (Å²) in [6.07, 6.45) is 0. The molecule has 0 fully saturated rings. The Morgan fingerprint density at radius 3 is 2.26 bits per heavy atom. The predicted molar refractivity (Wildman–Crippen MR) is 77.3 cm³/mol. The van der Waals surface area contributed by atoms with Gasteiger partial charge in [-0.05, 0) is 36.3 Å². The van der Waals surface area contributed by atoms with Gasteiger partial charge in [-0.15, -0.1) is 0 Å². The van der Waals surface area contributed by atoms with E-state index in [1.807, 2.05) is 0 Å². The second-order valence-corrected chi connectivity index (χ2v) is 10.8. The zero-order valence-corrected chi connectivity index (χ0v) is 13.4. The van der Waals surface area contributed by atoms with Crippen molar-refractivity contribution in [2.75, 3.05) is 7.11 Å². The topological polar surface area (TPSA) is 55.8 Å². The van der Waals surface area contributed by atoms with Gasteiger partial charge in [0, 0.05) is 0 Å². The summed E-state index contributed by atoms with van der Waals surface area (Å²) in [7, 11) is -0.701. The lowest BCUT2D eigenvalue weighted by Gasteiger charge is -2.36. The lowest BCUT2D eigenvalue weighted by atomic mass is 10.2. The average molecular weight is 282 g/mol. The Balaban J connectivity index is 3.02. The summed E-state index contributed by atoms with van der Waals surface area (Å²) in [5, 5.41) is 10.00. The highest BCUT2D eigenvalue weighted by Gasteiger charge is 2.39. The quantitative estimate of drug-likeness (QED) is 0.680. The molecule has 0 saturated heterocycles. The zero-order valence-electron chi connectivity index (χ0n) is 12.4. The fourth-order valence-corrected chi connectivity index (χ4v) is 2.31. The highest BCUT2D eigenvalue weighted by atomic mass is 28.4. The van der Waals surface area contributed by atoms with E-state index < -0.39 is 14.3 Å². The van der Waals surface area contributed by atoms with Crippen LogP contribution >= 0.6 is 0 Å². The van der Waals surface area contributed by atoms with Crippen LogP contribution in [0, 0.1) is 0 Å². The van der Waals surface area contributed by atoms with Crippen LogP contribution in [0.5, 0.6) is 11.5 Å². The molecule has 0 aliphatic rings. The van der Waals surface area contributed by atoms with Gasteiger partial charge in [0.1, 0.15) is 5.75 Å². The summed E-state index contributed by atoms with van der Waals surface area (Å²) < 4.78 is 10.6. The van der Waals surface area contributed by atoms with E-state index in [0.717, 1.165) is 0 Å². The van der Waals surface area contributed by atoms with E-state index in [1.54, 1.807) is 12.1 Å². The van der Waals surface area contributed by atoms with Crippen molar-refractivity contribution < 1.29 is 19.1 Å². The summed E-state index contributed by atoms with van der Waals surface area (Å²) in [5.74, 6) is -0.0962. The van der Waals surface area contributed by atoms with Crippen LogP contribution in [0.3, 0.4) is 0 Å². The Morgan fingerprint density at radius 1 is 1.26 bits per heavy atom. The van der Waals surface area contributed by atoms with Gasteiger partial charge in [0.25, 0.3) is 8.32 Å². The predicted octanol–water partition coefficient (Wildman–Crippen LogP) is 3.56. The molecule has 0 unspecified atom stereocenters. The Bertz CT molecular complexity index is 475. The first-order chi connectivity index (χ1) is 8.58. The molecule has 1 aromatic carbocycles. The lowest BCUT2D eigenvalue weighted by Crippen LogP contribution is -2.43. The van der Waals surface area contributed by atoms with Gasteiger partial charge in [-0.3, -0.25) is 0 Å². The standard InChI is InChI=1S/C14H22O4Si/c1-14(2,3)19(5,6)18-12-8-7-10(9-11(12)15)13(16)17-4/h7-9,15H,1-6H3. The maximum atomic E-state index is 11.4. The summed E-state index contributed by atoms with van der Waals surface area (Å²) in [6, 6.07) is 4.57. The van der Waals surface area contributed by atoms with Gasteiger partial charge in [0.15, 0.2) is 5.75 Å². The number of ether oxygens (including phenoxy) is 1. The Kier molecular flexibility index (Phi) is 4.30. The SMILES string of the molecule is COC(=O)c1ccc(O[Si](C)(C)C(C)(C)C)c(O)c1. The Hall–Kier alpha value is -1.49. The maximum absolute atomic E-state index is 11.4. The van der Waals surface area contributed by atoms with Crippen LogP contribution in [0.25, 0.3) is 0 Å². The average Bonchev–Trinajstić information content (AvgIpc) is 2.29. The number of carbonyl (C=O) groups excluding carboxylic acids is 1. The van der Waals surface area contributed by atoms with Crippen LogP contribution in [0.2, 0.25) is 18.1 Å². The molecule has 19 heavy (non-hydrogen) atoms. The van der Waals surface area contributed by atoms with Gasteiger partial charge in [-0.25, -0.2) is 4.79 Å². The van der Waals surface area contributed by atoms with Gasteiger partial charge < -0.3 is 14.3 Å². The van der Waals surface area contributed by atoms with Gasteiger partial charge >= 0.3 is 5.97 Å².